The smallest absolute Gasteiger partial charge is 0.101 e. The molecule has 0 bridgehead atoms. The number of hydrogen-bond donors (Lipinski definition) is 0. The molecule has 0 atom stereocenters. The van der Waals surface area contributed by atoms with Gasteiger partial charge >= 0.3 is 0 Å². The van der Waals surface area contributed by atoms with Crippen molar-refractivity contribution in [1.29, 1.82) is 10.5 Å². The van der Waals surface area contributed by atoms with Gasteiger partial charge in [0.25, 0.3) is 0 Å². The molecule has 64 valence electrons. The van der Waals surface area contributed by atoms with Crippen molar-refractivity contribution in [3.8, 4) is 12.1 Å². The first kappa shape index (κ1) is 8.99. The Hall–Kier alpha value is -1.10. The summed E-state index contributed by atoms with van der Waals surface area (Å²) in [6.45, 7) is 0.604. The lowest BCUT2D eigenvalue weighted by molar-refractivity contribution is -0.299. The van der Waals surface area contributed by atoms with Gasteiger partial charge in [0, 0.05) is 0 Å². The summed E-state index contributed by atoms with van der Waals surface area (Å²) < 4.78 is 0. The van der Waals surface area contributed by atoms with Crippen LogP contribution < -0.4 is 0 Å². The molecular weight excluding hydrogens is 156 g/mol. The Kier molecular flexibility index (Phi) is 3.04. The molecule has 4 heteroatoms. The highest BCUT2D eigenvalue weighted by Crippen LogP contribution is 2.44. The average molecular weight is 166 g/mol. The maximum absolute atomic E-state index is 8.62. The summed E-state index contributed by atoms with van der Waals surface area (Å²) in [6.07, 6.45) is 2.11. The molecular formula is C8H10N2O2. The molecule has 12 heavy (non-hydrogen) atoms. The van der Waals surface area contributed by atoms with Crippen LogP contribution in [0, 0.1) is 28.1 Å². The van der Waals surface area contributed by atoms with Crippen LogP contribution >= 0.6 is 0 Å². The topological polar surface area (TPSA) is 66.0 Å². The predicted molar refractivity (Wildman–Crippen MR) is 39.4 cm³/mol. The number of rotatable bonds is 5. The maximum Gasteiger partial charge on any atom is 0.101 e. The first-order chi connectivity index (χ1) is 5.83. The van der Waals surface area contributed by atoms with Crippen molar-refractivity contribution in [3.63, 3.8) is 0 Å². The summed E-state index contributed by atoms with van der Waals surface area (Å²) in [6, 6.07) is 4.10. The third kappa shape index (κ3) is 2.50. The first-order valence-corrected chi connectivity index (χ1v) is 3.86. The van der Waals surface area contributed by atoms with E-state index >= 15 is 0 Å². The Bertz CT molecular complexity index is 222. The highest BCUT2D eigenvalue weighted by atomic mass is 17.2. The summed E-state index contributed by atoms with van der Waals surface area (Å²) in [5.41, 5.74) is -0.285. The summed E-state index contributed by atoms with van der Waals surface area (Å²) in [7, 11) is 0. The minimum Gasteiger partial charge on any atom is -0.236 e. The Labute approximate surface area is 71.2 Å². The number of nitrogens with zero attached hydrogens (tertiary/aromatic N) is 2. The standard InChI is InChI=1S/C8H10N2O2/c9-4-1-5-11-12-7-8(6-10)2-3-8/h1-3,5,7H2. The van der Waals surface area contributed by atoms with Gasteiger partial charge in [0.05, 0.1) is 30.6 Å². The Balaban J connectivity index is 1.97. The van der Waals surface area contributed by atoms with Crippen molar-refractivity contribution in [2.24, 2.45) is 5.41 Å². The van der Waals surface area contributed by atoms with Gasteiger partial charge in [-0.15, -0.1) is 0 Å². The van der Waals surface area contributed by atoms with Gasteiger partial charge < -0.3 is 0 Å². The zero-order valence-electron chi connectivity index (χ0n) is 6.75. The normalized spacial score (nSPS) is 17.8. The molecule has 0 radical (unpaired) electrons. The SMILES string of the molecule is N#CCCOOCC1(C#N)CC1. The van der Waals surface area contributed by atoms with Crippen molar-refractivity contribution < 1.29 is 9.78 Å². The molecule has 0 unspecified atom stereocenters. The molecule has 0 spiro atoms. The van der Waals surface area contributed by atoms with E-state index in [2.05, 4.69) is 11.0 Å². The second-order valence-corrected chi connectivity index (χ2v) is 2.88. The summed E-state index contributed by atoms with van der Waals surface area (Å²) in [5, 5.41) is 16.8. The minimum atomic E-state index is -0.285. The third-order valence-corrected chi connectivity index (χ3v) is 1.81. The Morgan fingerprint density at radius 1 is 1.25 bits per heavy atom. The van der Waals surface area contributed by atoms with E-state index in [1.807, 2.05) is 6.07 Å². The zero-order chi connectivity index (χ0) is 8.86. The van der Waals surface area contributed by atoms with Crippen molar-refractivity contribution in [1.82, 2.24) is 0 Å². The van der Waals surface area contributed by atoms with Crippen LogP contribution in [0.5, 0.6) is 0 Å². The van der Waals surface area contributed by atoms with Crippen LogP contribution in [-0.4, -0.2) is 13.2 Å². The van der Waals surface area contributed by atoms with E-state index in [4.69, 9.17) is 15.4 Å². The van der Waals surface area contributed by atoms with Crippen molar-refractivity contribution in [3.05, 3.63) is 0 Å². The van der Waals surface area contributed by atoms with Crippen LogP contribution in [0.4, 0.5) is 0 Å². The van der Waals surface area contributed by atoms with E-state index in [9.17, 15) is 0 Å². The van der Waals surface area contributed by atoms with Crippen LogP contribution in [-0.2, 0) is 9.78 Å². The number of nitriles is 2. The van der Waals surface area contributed by atoms with Crippen molar-refractivity contribution in [2.45, 2.75) is 19.3 Å². The van der Waals surface area contributed by atoms with E-state index in [-0.39, 0.29) is 12.0 Å². The van der Waals surface area contributed by atoms with Crippen LogP contribution in [0.3, 0.4) is 0 Å². The van der Waals surface area contributed by atoms with Gasteiger partial charge in [-0.3, -0.25) is 0 Å². The fraction of sp³-hybridized carbons (Fsp3) is 0.750. The molecule has 0 heterocycles. The Morgan fingerprint density at radius 3 is 2.50 bits per heavy atom. The fourth-order valence-corrected chi connectivity index (χ4v) is 0.740. The second kappa shape index (κ2) is 4.06. The molecule has 0 N–H and O–H groups in total. The fourth-order valence-electron chi connectivity index (χ4n) is 0.740. The third-order valence-electron chi connectivity index (χ3n) is 1.81. The van der Waals surface area contributed by atoms with Gasteiger partial charge in [-0.05, 0) is 12.8 Å². The maximum atomic E-state index is 8.62. The molecule has 0 amide bonds. The molecule has 1 aliphatic carbocycles. The van der Waals surface area contributed by atoms with E-state index < -0.39 is 0 Å². The van der Waals surface area contributed by atoms with Gasteiger partial charge in [-0.25, -0.2) is 9.78 Å². The van der Waals surface area contributed by atoms with Crippen LogP contribution in [0.2, 0.25) is 0 Å². The molecule has 0 aromatic heterocycles. The first-order valence-electron chi connectivity index (χ1n) is 3.86. The van der Waals surface area contributed by atoms with Crippen LogP contribution in [0.25, 0.3) is 0 Å². The lowest BCUT2D eigenvalue weighted by atomic mass is 10.2. The Morgan fingerprint density at radius 2 is 2.00 bits per heavy atom. The van der Waals surface area contributed by atoms with Crippen molar-refractivity contribution >= 4 is 0 Å². The minimum absolute atomic E-state index is 0.276. The molecule has 0 saturated heterocycles. The average Bonchev–Trinajstić information content (AvgIpc) is 2.85. The highest BCUT2D eigenvalue weighted by Gasteiger charge is 2.43. The molecule has 4 nitrogen and oxygen atoms in total. The molecule has 0 aromatic carbocycles. The van der Waals surface area contributed by atoms with E-state index in [1.54, 1.807) is 0 Å². The molecule has 1 rings (SSSR count). The van der Waals surface area contributed by atoms with Crippen LogP contribution in [0.15, 0.2) is 0 Å². The van der Waals surface area contributed by atoms with Crippen molar-refractivity contribution in [2.75, 3.05) is 13.2 Å². The predicted octanol–water partition coefficient (Wildman–Crippen LogP) is 1.15. The van der Waals surface area contributed by atoms with E-state index in [0.717, 1.165) is 12.8 Å². The molecule has 0 aromatic rings. The van der Waals surface area contributed by atoms with Gasteiger partial charge in [-0.2, -0.15) is 10.5 Å². The lowest BCUT2D eigenvalue weighted by Gasteiger charge is -2.04. The molecule has 1 saturated carbocycles. The molecule has 1 fully saturated rings. The van der Waals surface area contributed by atoms with Gasteiger partial charge in [-0.1, -0.05) is 0 Å². The monoisotopic (exact) mass is 166 g/mol. The largest absolute Gasteiger partial charge is 0.236 e. The van der Waals surface area contributed by atoms with Gasteiger partial charge in [0.1, 0.15) is 6.61 Å². The number of hydrogen-bond acceptors (Lipinski definition) is 4. The van der Waals surface area contributed by atoms with Gasteiger partial charge in [0.15, 0.2) is 0 Å². The zero-order valence-corrected chi connectivity index (χ0v) is 6.75. The second-order valence-electron chi connectivity index (χ2n) is 2.88. The summed E-state index contributed by atoms with van der Waals surface area (Å²) in [4.78, 5) is 9.46. The van der Waals surface area contributed by atoms with E-state index in [1.165, 1.54) is 0 Å². The highest BCUT2D eigenvalue weighted by molar-refractivity contribution is 5.09. The van der Waals surface area contributed by atoms with Gasteiger partial charge in [0.2, 0.25) is 0 Å². The molecule has 1 aliphatic rings. The van der Waals surface area contributed by atoms with Crippen LogP contribution in [0.1, 0.15) is 19.3 Å². The quantitative estimate of drug-likeness (QED) is 0.349. The summed E-state index contributed by atoms with van der Waals surface area (Å²) in [5.74, 6) is 0. The van der Waals surface area contributed by atoms with E-state index in [0.29, 0.717) is 13.0 Å². The summed E-state index contributed by atoms with van der Waals surface area (Å²) >= 11 is 0. The molecule has 0 aliphatic heterocycles. The lowest BCUT2D eigenvalue weighted by Crippen LogP contribution is -2.08.